The van der Waals surface area contributed by atoms with Crippen LogP contribution in [0.4, 0.5) is 11.4 Å². The van der Waals surface area contributed by atoms with Crippen molar-refractivity contribution in [1.82, 2.24) is 10.2 Å². The fraction of sp³-hybridized carbons (Fsp3) is 0.375. The summed E-state index contributed by atoms with van der Waals surface area (Å²) in [5, 5.41) is 5.93. The van der Waals surface area contributed by atoms with Gasteiger partial charge in [0.25, 0.3) is 5.91 Å². The summed E-state index contributed by atoms with van der Waals surface area (Å²) in [5.41, 5.74) is 5.07. The molecule has 0 aromatic heterocycles. The first-order chi connectivity index (χ1) is 15.0. The monoisotopic (exact) mass is 418 g/mol. The van der Waals surface area contributed by atoms with Gasteiger partial charge in [0, 0.05) is 37.7 Å². The summed E-state index contributed by atoms with van der Waals surface area (Å²) in [6.07, 6.45) is 1.69. The molecule has 3 amide bonds. The van der Waals surface area contributed by atoms with E-state index in [0.717, 1.165) is 36.3 Å². The second-order valence-electron chi connectivity index (χ2n) is 8.66. The summed E-state index contributed by atoms with van der Waals surface area (Å²) in [4.78, 5) is 40.6. The second kappa shape index (κ2) is 7.72. The van der Waals surface area contributed by atoms with Crippen LogP contribution in [0, 0.1) is 0 Å². The van der Waals surface area contributed by atoms with E-state index in [0.29, 0.717) is 24.6 Å². The third-order valence-corrected chi connectivity index (χ3v) is 6.44. The van der Waals surface area contributed by atoms with Crippen LogP contribution in [0.1, 0.15) is 47.7 Å². The Morgan fingerprint density at radius 2 is 1.90 bits per heavy atom. The fourth-order valence-corrected chi connectivity index (χ4v) is 4.79. The zero-order chi connectivity index (χ0) is 21.5. The maximum atomic E-state index is 12.9. The first kappa shape index (κ1) is 19.6. The van der Waals surface area contributed by atoms with Gasteiger partial charge in [0.05, 0.1) is 11.4 Å². The van der Waals surface area contributed by atoms with E-state index >= 15 is 0 Å². The van der Waals surface area contributed by atoms with Crippen molar-refractivity contribution in [2.75, 3.05) is 16.8 Å². The first-order valence-electron chi connectivity index (χ1n) is 10.9. The lowest BCUT2D eigenvalue weighted by atomic mass is 10.0. The molecule has 0 aliphatic carbocycles. The largest absolute Gasteiger partial charge is 0.381 e. The Hall–Kier alpha value is -3.35. The molecule has 7 nitrogen and oxygen atoms in total. The van der Waals surface area contributed by atoms with E-state index in [1.807, 2.05) is 18.2 Å². The average Bonchev–Trinajstić information content (AvgIpc) is 2.97. The van der Waals surface area contributed by atoms with Gasteiger partial charge < -0.3 is 15.1 Å². The number of rotatable bonds is 3. The van der Waals surface area contributed by atoms with Gasteiger partial charge in [0.15, 0.2) is 0 Å². The number of piperidine rings is 1. The van der Waals surface area contributed by atoms with Crippen molar-refractivity contribution in [2.45, 2.75) is 51.4 Å². The van der Waals surface area contributed by atoms with E-state index in [-0.39, 0.29) is 24.1 Å². The molecule has 0 saturated carbocycles. The van der Waals surface area contributed by atoms with Gasteiger partial charge in [-0.2, -0.15) is 0 Å². The molecular formula is C24H26N4O3. The predicted molar refractivity (Wildman–Crippen MR) is 118 cm³/mol. The molecule has 2 N–H and O–H groups in total. The van der Waals surface area contributed by atoms with E-state index in [1.165, 1.54) is 5.69 Å². The average molecular weight is 418 g/mol. The van der Waals surface area contributed by atoms with E-state index in [1.54, 1.807) is 4.90 Å². The van der Waals surface area contributed by atoms with Crippen molar-refractivity contribution in [1.29, 1.82) is 0 Å². The highest BCUT2D eigenvalue weighted by Gasteiger charge is 2.39. The molecule has 3 heterocycles. The Morgan fingerprint density at radius 1 is 1.06 bits per heavy atom. The minimum Gasteiger partial charge on any atom is -0.381 e. The summed E-state index contributed by atoms with van der Waals surface area (Å²) in [6.45, 7) is 4.31. The summed E-state index contributed by atoms with van der Waals surface area (Å²) in [5.74, 6) is -0.774. The van der Waals surface area contributed by atoms with Crippen LogP contribution in [-0.2, 0) is 22.7 Å². The van der Waals surface area contributed by atoms with Gasteiger partial charge in [-0.05, 0) is 49.1 Å². The molecule has 3 aliphatic heterocycles. The molecule has 1 fully saturated rings. The third kappa shape index (κ3) is 3.65. The number of para-hydroxylation sites is 2. The highest BCUT2D eigenvalue weighted by Crippen LogP contribution is 2.32. The lowest BCUT2D eigenvalue weighted by Gasteiger charge is -2.29. The highest BCUT2D eigenvalue weighted by molar-refractivity contribution is 6.05. The highest BCUT2D eigenvalue weighted by atomic mass is 16.2. The van der Waals surface area contributed by atoms with Crippen LogP contribution >= 0.6 is 0 Å². The molecular weight excluding hydrogens is 392 g/mol. The maximum absolute atomic E-state index is 12.9. The van der Waals surface area contributed by atoms with Gasteiger partial charge in [0.1, 0.15) is 6.04 Å². The van der Waals surface area contributed by atoms with Gasteiger partial charge in [-0.3, -0.25) is 19.7 Å². The minimum absolute atomic E-state index is 0.130. The molecule has 1 saturated heterocycles. The van der Waals surface area contributed by atoms with Gasteiger partial charge >= 0.3 is 0 Å². The number of nitrogens with zero attached hydrogens (tertiary/aromatic N) is 2. The van der Waals surface area contributed by atoms with Crippen molar-refractivity contribution in [3.05, 3.63) is 59.2 Å². The zero-order valence-electron chi connectivity index (χ0n) is 17.6. The molecule has 160 valence electrons. The molecule has 2 atom stereocenters. The zero-order valence-corrected chi connectivity index (χ0v) is 17.6. The van der Waals surface area contributed by atoms with Crippen molar-refractivity contribution < 1.29 is 14.4 Å². The maximum Gasteiger partial charge on any atom is 0.255 e. The number of carbonyl (C=O) groups excluding carboxylic acids is 3. The molecule has 5 rings (SSSR count). The van der Waals surface area contributed by atoms with Crippen LogP contribution in [-0.4, -0.2) is 41.2 Å². The Morgan fingerprint density at radius 3 is 2.74 bits per heavy atom. The van der Waals surface area contributed by atoms with E-state index in [2.05, 4.69) is 46.7 Å². The number of benzene rings is 2. The Bertz CT molecular complexity index is 1070. The lowest BCUT2D eigenvalue weighted by molar-refractivity contribution is -0.136. The van der Waals surface area contributed by atoms with Gasteiger partial charge in [-0.15, -0.1) is 0 Å². The van der Waals surface area contributed by atoms with E-state index < -0.39 is 6.04 Å². The number of hydrogen-bond donors (Lipinski definition) is 2. The first-order valence-corrected chi connectivity index (χ1v) is 10.9. The number of nitrogens with one attached hydrogen (secondary N) is 2. The normalized spacial score (nSPS) is 23.1. The van der Waals surface area contributed by atoms with Crippen molar-refractivity contribution >= 4 is 29.1 Å². The standard InChI is InChI=1S/C24H26N4O3/c1-15-10-11-27(20-5-3-2-4-19(20)25-15)13-16-6-7-18-17(12-16)14-28(24(18)31)21-8-9-22(29)26-23(21)30/h2-7,12,15,21,25H,8-11,13-14H2,1H3,(H,26,29,30). The van der Waals surface area contributed by atoms with Crippen LogP contribution in [0.5, 0.6) is 0 Å². The summed E-state index contributed by atoms with van der Waals surface area (Å²) < 4.78 is 0. The Labute approximate surface area is 181 Å². The van der Waals surface area contributed by atoms with Crippen molar-refractivity contribution in [2.24, 2.45) is 0 Å². The van der Waals surface area contributed by atoms with Crippen LogP contribution < -0.4 is 15.5 Å². The molecule has 2 unspecified atom stereocenters. The lowest BCUT2D eigenvalue weighted by Crippen LogP contribution is -2.52. The Balaban J connectivity index is 1.36. The number of imide groups is 1. The predicted octanol–water partition coefficient (Wildman–Crippen LogP) is 2.66. The van der Waals surface area contributed by atoms with E-state index in [4.69, 9.17) is 0 Å². The van der Waals surface area contributed by atoms with Gasteiger partial charge in [0.2, 0.25) is 11.8 Å². The number of carbonyl (C=O) groups is 3. The Kier molecular flexibility index (Phi) is 4.88. The molecule has 0 spiro atoms. The smallest absolute Gasteiger partial charge is 0.255 e. The van der Waals surface area contributed by atoms with Crippen LogP contribution in [0.2, 0.25) is 0 Å². The number of amides is 3. The molecule has 3 aliphatic rings. The quantitative estimate of drug-likeness (QED) is 0.749. The molecule has 2 aromatic carbocycles. The summed E-state index contributed by atoms with van der Waals surface area (Å²) >= 11 is 0. The molecule has 0 radical (unpaired) electrons. The molecule has 7 heteroatoms. The molecule has 2 aromatic rings. The van der Waals surface area contributed by atoms with Crippen molar-refractivity contribution in [3.8, 4) is 0 Å². The SMILES string of the molecule is CC1CCN(Cc2ccc3c(c2)CN(C2CCC(=O)NC2=O)C3=O)c2ccccc2N1. The molecule has 31 heavy (non-hydrogen) atoms. The number of fused-ring (bicyclic) bond motifs is 2. The van der Waals surface area contributed by atoms with Crippen LogP contribution in [0.15, 0.2) is 42.5 Å². The van der Waals surface area contributed by atoms with Crippen molar-refractivity contribution in [3.63, 3.8) is 0 Å². The summed E-state index contributed by atoms with van der Waals surface area (Å²) in [6, 6.07) is 14.2. The van der Waals surface area contributed by atoms with E-state index in [9.17, 15) is 14.4 Å². The second-order valence-corrected chi connectivity index (χ2v) is 8.66. The van der Waals surface area contributed by atoms with Gasteiger partial charge in [-0.1, -0.05) is 24.3 Å². The summed E-state index contributed by atoms with van der Waals surface area (Å²) in [7, 11) is 0. The topological polar surface area (TPSA) is 81.8 Å². The van der Waals surface area contributed by atoms with Crippen LogP contribution in [0.25, 0.3) is 0 Å². The molecule has 0 bridgehead atoms. The third-order valence-electron chi connectivity index (χ3n) is 6.44. The number of hydrogen-bond acceptors (Lipinski definition) is 5. The minimum atomic E-state index is -0.578. The van der Waals surface area contributed by atoms with Crippen LogP contribution in [0.3, 0.4) is 0 Å². The van der Waals surface area contributed by atoms with Gasteiger partial charge in [-0.25, -0.2) is 0 Å². The number of anilines is 2. The fourth-order valence-electron chi connectivity index (χ4n) is 4.79.